The molecule has 4 aromatic rings. The molecule has 1 amide bonds. The fourth-order valence-electron chi connectivity index (χ4n) is 4.76. The van der Waals surface area contributed by atoms with Gasteiger partial charge in [-0.15, -0.1) is 11.8 Å². The summed E-state index contributed by atoms with van der Waals surface area (Å²) in [5, 5.41) is 5.07. The van der Waals surface area contributed by atoms with Gasteiger partial charge in [0.2, 0.25) is 5.91 Å². The summed E-state index contributed by atoms with van der Waals surface area (Å²) in [7, 11) is 0. The average molecular weight is 454 g/mol. The van der Waals surface area contributed by atoms with Crippen LogP contribution < -0.4 is 10.9 Å². The van der Waals surface area contributed by atoms with E-state index in [1.165, 1.54) is 11.1 Å². The lowest BCUT2D eigenvalue weighted by molar-refractivity contribution is -0.118. The minimum Gasteiger partial charge on any atom is -0.324 e. The maximum absolute atomic E-state index is 13.3. The molecular weight excluding hydrogens is 430 g/mol. The number of para-hydroxylation sites is 1. The molecule has 1 aliphatic carbocycles. The van der Waals surface area contributed by atoms with Crippen molar-refractivity contribution >= 4 is 34.3 Å². The fraction of sp³-hybridized carbons (Fsp3) is 0.222. The minimum atomic E-state index is -0.494. The number of amides is 1. The van der Waals surface area contributed by atoms with Crippen molar-refractivity contribution in [1.29, 1.82) is 0 Å². The van der Waals surface area contributed by atoms with E-state index < -0.39 is 6.04 Å². The molecule has 0 radical (unpaired) electrons. The Bertz CT molecular complexity index is 1420. The summed E-state index contributed by atoms with van der Waals surface area (Å²) in [6, 6.07) is 20.9. The zero-order valence-corrected chi connectivity index (χ0v) is 18.8. The van der Waals surface area contributed by atoms with Crippen molar-refractivity contribution in [1.82, 2.24) is 9.55 Å². The third-order valence-corrected chi connectivity index (χ3v) is 7.64. The Morgan fingerprint density at radius 3 is 2.70 bits per heavy atom. The summed E-state index contributed by atoms with van der Waals surface area (Å²) >= 11 is 1.64. The molecule has 2 aromatic carbocycles. The first-order chi connectivity index (χ1) is 16.2. The molecule has 0 spiro atoms. The van der Waals surface area contributed by atoms with Gasteiger partial charge in [-0.2, -0.15) is 0 Å². The number of nitrogens with zero attached hydrogens (tertiary/aromatic N) is 2. The second-order valence-electron chi connectivity index (χ2n) is 8.72. The Hall–Kier alpha value is -3.38. The number of benzene rings is 2. The number of hydrogen-bond acceptors (Lipinski definition) is 4. The Kier molecular flexibility index (Phi) is 5.03. The summed E-state index contributed by atoms with van der Waals surface area (Å²) in [4.78, 5) is 30.8. The van der Waals surface area contributed by atoms with Gasteiger partial charge in [0.1, 0.15) is 6.04 Å². The minimum absolute atomic E-state index is 0.0963. The van der Waals surface area contributed by atoms with E-state index in [0.29, 0.717) is 18.1 Å². The van der Waals surface area contributed by atoms with Gasteiger partial charge in [0.25, 0.3) is 5.56 Å². The quantitative estimate of drug-likeness (QED) is 0.454. The number of carbonyl (C=O) groups excluding carboxylic acids is 1. The second-order valence-corrected chi connectivity index (χ2v) is 9.73. The topological polar surface area (TPSA) is 64.0 Å². The number of nitrogens with one attached hydrogen (secondary N) is 1. The lowest BCUT2D eigenvalue weighted by atomic mass is 9.96. The molecule has 33 heavy (non-hydrogen) atoms. The molecule has 1 N–H and O–H groups in total. The smallest absolute Gasteiger partial charge is 0.252 e. The zero-order chi connectivity index (χ0) is 22.4. The van der Waals surface area contributed by atoms with Crippen LogP contribution in [0, 0.1) is 0 Å². The molecular formula is C27H23N3O2S. The van der Waals surface area contributed by atoms with Gasteiger partial charge in [-0.1, -0.05) is 36.4 Å². The molecule has 6 heteroatoms. The van der Waals surface area contributed by atoms with Gasteiger partial charge < -0.3 is 5.32 Å². The first-order valence-electron chi connectivity index (χ1n) is 11.3. The van der Waals surface area contributed by atoms with Crippen LogP contribution in [0.25, 0.3) is 10.9 Å². The van der Waals surface area contributed by atoms with E-state index in [0.717, 1.165) is 40.0 Å². The number of hydrogen-bond donors (Lipinski definition) is 1. The molecule has 1 saturated carbocycles. The lowest BCUT2D eigenvalue weighted by Gasteiger charge is -2.18. The van der Waals surface area contributed by atoms with Crippen molar-refractivity contribution in [3.8, 4) is 0 Å². The highest BCUT2D eigenvalue weighted by atomic mass is 32.2. The van der Waals surface area contributed by atoms with Crippen LogP contribution in [0.5, 0.6) is 0 Å². The molecule has 0 bridgehead atoms. The second kappa shape index (κ2) is 8.19. The highest BCUT2D eigenvalue weighted by molar-refractivity contribution is 7.99. The van der Waals surface area contributed by atoms with Gasteiger partial charge in [-0.3, -0.25) is 19.1 Å². The Labute approximate surface area is 195 Å². The molecule has 1 aliphatic heterocycles. The van der Waals surface area contributed by atoms with Gasteiger partial charge in [-0.25, -0.2) is 0 Å². The van der Waals surface area contributed by atoms with Gasteiger partial charge >= 0.3 is 0 Å². The molecule has 2 aromatic heterocycles. The first kappa shape index (κ1) is 20.2. The number of fused-ring (bicyclic) bond motifs is 2. The Morgan fingerprint density at radius 2 is 1.88 bits per heavy atom. The summed E-state index contributed by atoms with van der Waals surface area (Å²) in [5.41, 5.74) is 5.14. The highest BCUT2D eigenvalue weighted by Gasteiger charge is 2.37. The van der Waals surface area contributed by atoms with Crippen LogP contribution in [0.1, 0.15) is 41.5 Å². The van der Waals surface area contributed by atoms with Crippen molar-refractivity contribution in [2.75, 3.05) is 11.1 Å². The van der Waals surface area contributed by atoms with Crippen molar-refractivity contribution in [2.24, 2.45) is 0 Å². The van der Waals surface area contributed by atoms with E-state index in [4.69, 9.17) is 0 Å². The first-order valence-corrected chi connectivity index (χ1v) is 12.3. The number of thioether (sulfide) groups is 1. The van der Waals surface area contributed by atoms with E-state index in [2.05, 4.69) is 22.4 Å². The van der Waals surface area contributed by atoms with Crippen LogP contribution in [0.3, 0.4) is 0 Å². The zero-order valence-electron chi connectivity index (χ0n) is 18.0. The van der Waals surface area contributed by atoms with Crippen LogP contribution in [-0.2, 0) is 11.2 Å². The Morgan fingerprint density at radius 1 is 1.03 bits per heavy atom. The molecule has 0 unspecified atom stereocenters. The number of carbonyl (C=O) groups is 1. The van der Waals surface area contributed by atoms with Crippen LogP contribution in [0.2, 0.25) is 0 Å². The van der Waals surface area contributed by atoms with Crippen LogP contribution in [-0.4, -0.2) is 21.2 Å². The maximum Gasteiger partial charge on any atom is 0.252 e. The van der Waals surface area contributed by atoms with Crippen molar-refractivity contribution in [3.05, 3.63) is 100.0 Å². The van der Waals surface area contributed by atoms with Crippen LogP contribution in [0.4, 0.5) is 5.69 Å². The normalized spacial score (nSPS) is 17.2. The summed E-state index contributed by atoms with van der Waals surface area (Å²) in [5.74, 6) is 0.914. The number of pyridine rings is 2. The monoisotopic (exact) mass is 453 g/mol. The molecule has 2 aliphatic rings. The van der Waals surface area contributed by atoms with Crippen molar-refractivity contribution in [3.63, 3.8) is 0 Å². The molecule has 3 heterocycles. The molecule has 164 valence electrons. The number of rotatable bonds is 5. The van der Waals surface area contributed by atoms with Crippen molar-refractivity contribution in [2.45, 2.75) is 36.2 Å². The average Bonchev–Trinajstić information content (AvgIpc) is 3.57. The lowest BCUT2D eigenvalue weighted by Crippen LogP contribution is -2.33. The molecule has 5 nitrogen and oxygen atoms in total. The largest absolute Gasteiger partial charge is 0.324 e. The third kappa shape index (κ3) is 3.74. The SMILES string of the molecule is O=C(Nc1ccccc1)[C@@H]1CSc2c(C3CC3)c(Cc3cccc4ncccc34)cc(=O)n21. The molecule has 0 saturated heterocycles. The predicted octanol–water partition coefficient (Wildman–Crippen LogP) is 5.15. The summed E-state index contributed by atoms with van der Waals surface area (Å²) in [6.07, 6.45) is 4.77. The summed E-state index contributed by atoms with van der Waals surface area (Å²) in [6.45, 7) is 0. The maximum atomic E-state index is 13.3. The van der Waals surface area contributed by atoms with Gasteiger partial charge in [0, 0.05) is 29.1 Å². The molecule has 1 fully saturated rings. The van der Waals surface area contributed by atoms with Gasteiger partial charge in [0.05, 0.1) is 10.5 Å². The highest BCUT2D eigenvalue weighted by Crippen LogP contribution is 2.48. The van der Waals surface area contributed by atoms with E-state index in [1.54, 1.807) is 28.6 Å². The van der Waals surface area contributed by atoms with Gasteiger partial charge in [-0.05, 0) is 66.1 Å². The number of anilines is 1. The van der Waals surface area contributed by atoms with E-state index >= 15 is 0 Å². The van der Waals surface area contributed by atoms with E-state index in [-0.39, 0.29) is 11.5 Å². The van der Waals surface area contributed by atoms with Gasteiger partial charge in [0.15, 0.2) is 0 Å². The molecule has 1 atom stereocenters. The Balaban J connectivity index is 1.39. The summed E-state index contributed by atoms with van der Waals surface area (Å²) < 4.78 is 1.73. The molecule has 6 rings (SSSR count). The van der Waals surface area contributed by atoms with E-state index in [9.17, 15) is 9.59 Å². The third-order valence-electron chi connectivity index (χ3n) is 6.47. The fourth-order valence-corrected chi connectivity index (χ4v) is 6.19. The van der Waals surface area contributed by atoms with Crippen molar-refractivity contribution < 1.29 is 4.79 Å². The van der Waals surface area contributed by atoms with E-state index in [1.807, 2.05) is 48.5 Å². The number of aromatic nitrogens is 2. The van der Waals surface area contributed by atoms with Crippen LogP contribution in [0.15, 0.2) is 82.7 Å². The standard InChI is InChI=1S/C27H23N3O2S/c31-24-15-19(14-18-6-4-10-22-21(18)9-5-13-28-22)25(17-11-12-17)27-30(24)23(16-33-27)26(32)29-20-7-2-1-3-8-20/h1-10,13,15,17,23H,11-12,14,16H2,(H,29,32)/t23-/m0/s1. The van der Waals surface area contributed by atoms with Crippen LogP contribution >= 0.6 is 11.8 Å². The predicted molar refractivity (Wildman–Crippen MR) is 132 cm³/mol.